The summed E-state index contributed by atoms with van der Waals surface area (Å²) in [6, 6.07) is 23.8. The minimum absolute atomic E-state index is 0.774. The summed E-state index contributed by atoms with van der Waals surface area (Å²) >= 11 is 0. The molecule has 0 atom stereocenters. The second kappa shape index (κ2) is 7.70. The first kappa shape index (κ1) is 16.8. The SMILES string of the molecule is Cc1ccc(N=Cc2cccc(C=Nc3cccc4cccnc34)n2)cc1. The third-order valence-corrected chi connectivity index (χ3v) is 4.12. The van der Waals surface area contributed by atoms with Gasteiger partial charge in [0.2, 0.25) is 0 Å². The monoisotopic (exact) mass is 350 g/mol. The number of aliphatic imine (C=N–C) groups is 2. The Kier molecular flexibility index (Phi) is 4.79. The van der Waals surface area contributed by atoms with Crippen LogP contribution in [0.3, 0.4) is 0 Å². The van der Waals surface area contributed by atoms with E-state index in [2.05, 4.69) is 26.9 Å². The van der Waals surface area contributed by atoms with E-state index in [1.807, 2.05) is 72.8 Å². The normalized spacial score (nSPS) is 11.6. The molecule has 2 aromatic heterocycles. The van der Waals surface area contributed by atoms with Crippen molar-refractivity contribution in [2.75, 3.05) is 0 Å². The van der Waals surface area contributed by atoms with Gasteiger partial charge < -0.3 is 0 Å². The molecule has 0 fully saturated rings. The van der Waals surface area contributed by atoms with E-state index in [4.69, 9.17) is 0 Å². The van der Waals surface area contributed by atoms with Crippen LogP contribution in [0.5, 0.6) is 0 Å². The molecule has 0 unspecified atom stereocenters. The Morgan fingerprint density at radius 1 is 0.741 bits per heavy atom. The molecule has 4 nitrogen and oxygen atoms in total. The van der Waals surface area contributed by atoms with Gasteiger partial charge in [-0.1, -0.05) is 42.0 Å². The van der Waals surface area contributed by atoms with Crippen LogP contribution >= 0.6 is 0 Å². The number of benzene rings is 2. The van der Waals surface area contributed by atoms with Crippen molar-refractivity contribution in [2.24, 2.45) is 9.98 Å². The maximum Gasteiger partial charge on any atom is 0.0958 e. The third-order valence-electron chi connectivity index (χ3n) is 4.12. The predicted molar refractivity (Wildman–Crippen MR) is 112 cm³/mol. The van der Waals surface area contributed by atoms with Gasteiger partial charge in [0.05, 0.1) is 40.7 Å². The van der Waals surface area contributed by atoms with E-state index in [-0.39, 0.29) is 0 Å². The van der Waals surface area contributed by atoms with E-state index in [1.54, 1.807) is 18.6 Å². The Labute approximate surface area is 158 Å². The maximum atomic E-state index is 4.58. The fraction of sp³-hybridized carbons (Fsp3) is 0.0435. The molecular formula is C23H18N4. The van der Waals surface area contributed by atoms with Crippen molar-refractivity contribution in [3.05, 3.63) is 95.9 Å². The lowest BCUT2D eigenvalue weighted by molar-refractivity contribution is 1.27. The van der Waals surface area contributed by atoms with Gasteiger partial charge in [0, 0.05) is 11.6 Å². The lowest BCUT2D eigenvalue weighted by atomic mass is 10.2. The second-order valence-corrected chi connectivity index (χ2v) is 6.19. The number of aryl methyl sites for hydroxylation is 1. The molecule has 0 saturated heterocycles. The highest BCUT2D eigenvalue weighted by atomic mass is 14.8. The van der Waals surface area contributed by atoms with Gasteiger partial charge in [0.25, 0.3) is 0 Å². The van der Waals surface area contributed by atoms with Crippen LogP contribution in [0.1, 0.15) is 17.0 Å². The van der Waals surface area contributed by atoms with Crippen molar-refractivity contribution in [2.45, 2.75) is 6.92 Å². The topological polar surface area (TPSA) is 50.5 Å². The summed E-state index contributed by atoms with van der Waals surface area (Å²) in [5, 5.41) is 1.07. The summed E-state index contributed by atoms with van der Waals surface area (Å²) in [4.78, 5) is 18.1. The zero-order valence-corrected chi connectivity index (χ0v) is 14.9. The van der Waals surface area contributed by atoms with E-state index >= 15 is 0 Å². The first-order valence-corrected chi connectivity index (χ1v) is 8.73. The van der Waals surface area contributed by atoms with Crippen molar-refractivity contribution in [3.63, 3.8) is 0 Å². The number of aromatic nitrogens is 2. The van der Waals surface area contributed by atoms with E-state index in [9.17, 15) is 0 Å². The molecule has 0 N–H and O–H groups in total. The average molecular weight is 350 g/mol. The van der Waals surface area contributed by atoms with Crippen LogP contribution in [0.25, 0.3) is 10.9 Å². The van der Waals surface area contributed by atoms with Crippen LogP contribution in [0.4, 0.5) is 11.4 Å². The predicted octanol–water partition coefficient (Wildman–Crippen LogP) is 5.44. The van der Waals surface area contributed by atoms with Crippen molar-refractivity contribution in [1.29, 1.82) is 0 Å². The summed E-state index contributed by atoms with van der Waals surface area (Å²) in [6.07, 6.45) is 5.30. The molecule has 0 spiro atoms. The highest BCUT2D eigenvalue weighted by Crippen LogP contribution is 2.23. The maximum absolute atomic E-state index is 4.58. The van der Waals surface area contributed by atoms with E-state index in [1.165, 1.54) is 5.56 Å². The van der Waals surface area contributed by atoms with Crippen molar-refractivity contribution in [3.8, 4) is 0 Å². The van der Waals surface area contributed by atoms with Crippen LogP contribution < -0.4 is 0 Å². The lowest BCUT2D eigenvalue weighted by Gasteiger charge is -2.00. The molecule has 2 heterocycles. The third kappa shape index (κ3) is 4.12. The van der Waals surface area contributed by atoms with Gasteiger partial charge in [-0.05, 0) is 43.3 Å². The Hall–Kier alpha value is -3.66. The molecule has 2 aromatic carbocycles. The number of pyridine rings is 2. The molecule has 4 rings (SSSR count). The molecule has 0 saturated carbocycles. The molecule has 0 bridgehead atoms. The number of hydrogen-bond acceptors (Lipinski definition) is 4. The summed E-state index contributed by atoms with van der Waals surface area (Å²) in [5.74, 6) is 0. The van der Waals surface area contributed by atoms with E-state index in [0.717, 1.165) is 33.7 Å². The Morgan fingerprint density at radius 3 is 2.26 bits per heavy atom. The van der Waals surface area contributed by atoms with Gasteiger partial charge >= 0.3 is 0 Å². The number of para-hydroxylation sites is 1. The quantitative estimate of drug-likeness (QED) is 0.460. The Balaban J connectivity index is 1.57. The highest BCUT2D eigenvalue weighted by Gasteiger charge is 2.00. The summed E-state index contributed by atoms with van der Waals surface area (Å²) in [5.41, 5.74) is 5.39. The van der Waals surface area contributed by atoms with Crippen LogP contribution in [-0.4, -0.2) is 22.4 Å². The molecule has 0 aliphatic rings. The molecular weight excluding hydrogens is 332 g/mol. The number of nitrogens with zero attached hydrogens (tertiary/aromatic N) is 4. The summed E-state index contributed by atoms with van der Waals surface area (Å²) < 4.78 is 0. The zero-order valence-electron chi connectivity index (χ0n) is 14.9. The fourth-order valence-corrected chi connectivity index (χ4v) is 2.71. The minimum Gasteiger partial charge on any atom is -0.255 e. The van der Waals surface area contributed by atoms with Crippen LogP contribution in [0, 0.1) is 6.92 Å². The largest absolute Gasteiger partial charge is 0.255 e. The van der Waals surface area contributed by atoms with Gasteiger partial charge in [0.1, 0.15) is 0 Å². The van der Waals surface area contributed by atoms with Crippen molar-refractivity contribution in [1.82, 2.24) is 9.97 Å². The number of hydrogen-bond donors (Lipinski definition) is 0. The van der Waals surface area contributed by atoms with Crippen LogP contribution in [-0.2, 0) is 0 Å². The van der Waals surface area contributed by atoms with Crippen molar-refractivity contribution >= 4 is 34.7 Å². The summed E-state index contributed by atoms with van der Waals surface area (Å²) in [6.45, 7) is 2.06. The number of fused-ring (bicyclic) bond motifs is 1. The smallest absolute Gasteiger partial charge is 0.0958 e. The van der Waals surface area contributed by atoms with Gasteiger partial charge in [-0.3, -0.25) is 15.0 Å². The zero-order chi connectivity index (χ0) is 18.5. The lowest BCUT2D eigenvalue weighted by Crippen LogP contribution is -1.93. The fourth-order valence-electron chi connectivity index (χ4n) is 2.71. The number of rotatable bonds is 4. The Morgan fingerprint density at radius 2 is 1.44 bits per heavy atom. The second-order valence-electron chi connectivity index (χ2n) is 6.19. The molecule has 0 amide bonds. The van der Waals surface area contributed by atoms with Gasteiger partial charge in [-0.2, -0.15) is 0 Å². The highest BCUT2D eigenvalue weighted by molar-refractivity contribution is 5.92. The van der Waals surface area contributed by atoms with Gasteiger partial charge in [-0.15, -0.1) is 0 Å². The van der Waals surface area contributed by atoms with E-state index < -0.39 is 0 Å². The standard InChI is InChI=1S/C23H18N4/c1-17-10-12-19(13-11-17)25-15-20-7-3-8-21(27-20)16-26-22-9-2-5-18-6-4-14-24-23(18)22/h2-16H,1H3. The van der Waals surface area contributed by atoms with Crippen LogP contribution in [0.15, 0.2) is 89.0 Å². The van der Waals surface area contributed by atoms with Gasteiger partial charge in [-0.25, -0.2) is 4.98 Å². The minimum atomic E-state index is 0.774. The molecule has 0 aliphatic carbocycles. The van der Waals surface area contributed by atoms with Crippen molar-refractivity contribution < 1.29 is 0 Å². The van der Waals surface area contributed by atoms with E-state index in [0.29, 0.717) is 0 Å². The molecule has 0 aliphatic heterocycles. The average Bonchev–Trinajstić information content (AvgIpc) is 2.72. The first-order chi connectivity index (χ1) is 13.3. The molecule has 4 aromatic rings. The van der Waals surface area contributed by atoms with Crippen LogP contribution in [0.2, 0.25) is 0 Å². The first-order valence-electron chi connectivity index (χ1n) is 8.73. The molecule has 130 valence electrons. The Bertz CT molecular complexity index is 1120. The molecule has 4 heteroatoms. The summed E-state index contributed by atoms with van der Waals surface area (Å²) in [7, 11) is 0. The molecule has 27 heavy (non-hydrogen) atoms. The molecule has 0 radical (unpaired) electrons. The van der Waals surface area contributed by atoms with Gasteiger partial charge in [0.15, 0.2) is 0 Å².